The van der Waals surface area contributed by atoms with Crippen LogP contribution in [0.3, 0.4) is 0 Å². The van der Waals surface area contributed by atoms with Gasteiger partial charge in [-0.1, -0.05) is 30.7 Å². The van der Waals surface area contributed by atoms with E-state index in [1.54, 1.807) is 31.2 Å². The van der Waals surface area contributed by atoms with E-state index >= 15 is 0 Å². The molecule has 2 N–H and O–H groups in total. The third kappa shape index (κ3) is 3.92. The maximum atomic E-state index is 12.7. The first kappa shape index (κ1) is 19.6. The molecule has 3 rings (SSSR count). The highest BCUT2D eigenvalue weighted by atomic mass is 35.5. The van der Waals surface area contributed by atoms with Crippen molar-refractivity contribution in [3.05, 3.63) is 41.4 Å². The summed E-state index contributed by atoms with van der Waals surface area (Å²) in [6.07, 6.45) is 0.485. The van der Waals surface area contributed by atoms with Gasteiger partial charge in [0.15, 0.2) is 0 Å². The molecule has 0 saturated carbocycles. The Hall–Kier alpha value is -2.16. The molecule has 2 aromatic rings. The molecule has 144 valence electrons. The second-order valence-corrected chi connectivity index (χ2v) is 8.56. The number of nitrogens with zero attached hydrogens (tertiary/aromatic N) is 1. The Kier molecular flexibility index (Phi) is 5.41. The maximum Gasteiger partial charge on any atom is 0.326 e. The number of amides is 1. The summed E-state index contributed by atoms with van der Waals surface area (Å²) in [6.45, 7) is 1.87. The zero-order valence-electron chi connectivity index (χ0n) is 14.6. The Morgan fingerprint density at radius 1 is 1.30 bits per heavy atom. The largest absolute Gasteiger partial charge is 0.480 e. The lowest BCUT2D eigenvalue weighted by molar-refractivity contribution is -0.148. The van der Waals surface area contributed by atoms with E-state index in [0.29, 0.717) is 10.4 Å². The van der Waals surface area contributed by atoms with Crippen molar-refractivity contribution in [2.45, 2.75) is 36.7 Å². The van der Waals surface area contributed by atoms with Crippen LogP contribution in [0.2, 0.25) is 5.02 Å². The normalized spacial score (nSPS) is 18.8. The van der Waals surface area contributed by atoms with Gasteiger partial charge < -0.3 is 10.0 Å². The van der Waals surface area contributed by atoms with Crippen LogP contribution in [0.25, 0.3) is 10.8 Å². The number of aliphatic carboxylic acids is 1. The molecule has 2 atom stereocenters. The highest BCUT2D eigenvalue weighted by Gasteiger charge is 2.40. The number of carboxylic acid groups (broad SMARTS) is 1. The Bertz CT molecular complexity index is 1010. The first-order valence-electron chi connectivity index (χ1n) is 8.48. The lowest BCUT2D eigenvalue weighted by atomic mass is 10.1. The number of nitrogens with one attached hydrogen (secondary N) is 1. The summed E-state index contributed by atoms with van der Waals surface area (Å²) in [7, 11) is -3.93. The molecule has 27 heavy (non-hydrogen) atoms. The lowest BCUT2D eigenvalue weighted by Crippen LogP contribution is -2.47. The second kappa shape index (κ2) is 7.46. The first-order chi connectivity index (χ1) is 12.7. The summed E-state index contributed by atoms with van der Waals surface area (Å²) in [5.41, 5.74) is 0. The molecule has 2 aromatic carbocycles. The van der Waals surface area contributed by atoms with E-state index in [-0.39, 0.29) is 24.3 Å². The number of rotatable bonds is 6. The topological polar surface area (TPSA) is 104 Å². The number of hydrogen-bond acceptors (Lipinski definition) is 4. The van der Waals surface area contributed by atoms with Crippen LogP contribution in [-0.2, 0) is 19.6 Å². The van der Waals surface area contributed by atoms with Crippen molar-refractivity contribution in [3.63, 3.8) is 0 Å². The SMILES string of the molecule is CCC(C(=O)O)N1CCC(NS(=O)(=O)c2ccc3cc(Cl)ccc3c2)C1=O. The van der Waals surface area contributed by atoms with Crippen LogP contribution in [0.15, 0.2) is 41.3 Å². The molecule has 1 fully saturated rings. The fourth-order valence-corrected chi connectivity index (χ4v) is 4.71. The molecular weight excluding hydrogens is 392 g/mol. The quantitative estimate of drug-likeness (QED) is 0.760. The van der Waals surface area contributed by atoms with Crippen LogP contribution in [0.4, 0.5) is 0 Å². The molecule has 0 aromatic heterocycles. The average Bonchev–Trinajstić information content (AvgIpc) is 2.95. The van der Waals surface area contributed by atoms with Gasteiger partial charge in [0.2, 0.25) is 15.9 Å². The molecule has 0 spiro atoms. The highest BCUT2D eigenvalue weighted by molar-refractivity contribution is 7.89. The van der Waals surface area contributed by atoms with Crippen molar-refractivity contribution < 1.29 is 23.1 Å². The molecule has 1 heterocycles. The maximum absolute atomic E-state index is 12.7. The fourth-order valence-electron chi connectivity index (χ4n) is 3.27. The molecular formula is C18H19ClN2O5S. The van der Waals surface area contributed by atoms with Gasteiger partial charge in [-0.15, -0.1) is 0 Å². The Morgan fingerprint density at radius 3 is 2.63 bits per heavy atom. The minimum atomic E-state index is -3.93. The van der Waals surface area contributed by atoms with Gasteiger partial charge in [0, 0.05) is 11.6 Å². The summed E-state index contributed by atoms with van der Waals surface area (Å²) in [4.78, 5) is 25.0. The van der Waals surface area contributed by atoms with E-state index in [2.05, 4.69) is 4.72 Å². The van der Waals surface area contributed by atoms with Crippen molar-refractivity contribution in [1.82, 2.24) is 9.62 Å². The minimum Gasteiger partial charge on any atom is -0.480 e. The van der Waals surface area contributed by atoms with Crippen LogP contribution in [0.1, 0.15) is 19.8 Å². The van der Waals surface area contributed by atoms with Crippen molar-refractivity contribution >= 4 is 44.3 Å². The van der Waals surface area contributed by atoms with Gasteiger partial charge in [-0.3, -0.25) is 4.79 Å². The smallest absolute Gasteiger partial charge is 0.326 e. The third-order valence-electron chi connectivity index (χ3n) is 4.67. The molecule has 1 aliphatic heterocycles. The molecule has 9 heteroatoms. The number of benzene rings is 2. The minimum absolute atomic E-state index is 0.0360. The highest BCUT2D eigenvalue weighted by Crippen LogP contribution is 2.24. The van der Waals surface area contributed by atoms with E-state index in [4.69, 9.17) is 11.6 Å². The first-order valence-corrected chi connectivity index (χ1v) is 10.3. The number of hydrogen-bond donors (Lipinski definition) is 2. The zero-order valence-corrected chi connectivity index (χ0v) is 16.1. The molecule has 1 amide bonds. The molecule has 0 aliphatic carbocycles. The van der Waals surface area contributed by atoms with Crippen LogP contribution in [0, 0.1) is 0 Å². The number of carbonyl (C=O) groups is 2. The molecule has 2 unspecified atom stereocenters. The fraction of sp³-hybridized carbons (Fsp3) is 0.333. The second-order valence-electron chi connectivity index (χ2n) is 6.41. The number of likely N-dealkylation sites (tertiary alicyclic amines) is 1. The standard InChI is InChI=1S/C18H19ClN2O5S/c1-2-16(18(23)24)21-8-7-15(17(21)22)20-27(25,26)14-6-4-11-9-13(19)5-3-12(11)10-14/h3-6,9-10,15-16,20H,2,7-8H2,1H3,(H,23,24). The summed E-state index contributed by atoms with van der Waals surface area (Å²) >= 11 is 5.94. The summed E-state index contributed by atoms with van der Waals surface area (Å²) in [6, 6.07) is 7.82. The molecule has 1 saturated heterocycles. The van der Waals surface area contributed by atoms with Crippen LogP contribution >= 0.6 is 11.6 Å². The predicted molar refractivity (Wildman–Crippen MR) is 101 cm³/mol. The van der Waals surface area contributed by atoms with Crippen molar-refractivity contribution in [2.24, 2.45) is 0 Å². The van der Waals surface area contributed by atoms with Gasteiger partial charge in [0.25, 0.3) is 0 Å². The van der Waals surface area contributed by atoms with Crippen LogP contribution in [-0.4, -0.2) is 48.9 Å². The monoisotopic (exact) mass is 410 g/mol. The van der Waals surface area contributed by atoms with Gasteiger partial charge in [-0.2, -0.15) is 4.72 Å². The van der Waals surface area contributed by atoms with E-state index in [0.717, 1.165) is 5.39 Å². The number of sulfonamides is 1. The lowest BCUT2D eigenvalue weighted by Gasteiger charge is -2.23. The van der Waals surface area contributed by atoms with E-state index in [1.165, 1.54) is 17.0 Å². The Labute approximate surface area is 162 Å². The molecule has 7 nitrogen and oxygen atoms in total. The number of fused-ring (bicyclic) bond motifs is 1. The predicted octanol–water partition coefficient (Wildman–Crippen LogP) is 2.24. The van der Waals surface area contributed by atoms with Gasteiger partial charge in [-0.05, 0) is 47.9 Å². The zero-order chi connectivity index (χ0) is 19.8. The van der Waals surface area contributed by atoms with E-state index < -0.39 is 34.0 Å². The van der Waals surface area contributed by atoms with Gasteiger partial charge in [0.1, 0.15) is 12.1 Å². The van der Waals surface area contributed by atoms with Gasteiger partial charge in [-0.25, -0.2) is 13.2 Å². The molecule has 0 radical (unpaired) electrons. The van der Waals surface area contributed by atoms with Crippen molar-refractivity contribution in [1.29, 1.82) is 0 Å². The summed E-state index contributed by atoms with van der Waals surface area (Å²) < 4.78 is 27.8. The van der Waals surface area contributed by atoms with E-state index in [9.17, 15) is 23.1 Å². The number of halogens is 1. The number of carboxylic acids is 1. The van der Waals surface area contributed by atoms with Crippen molar-refractivity contribution in [3.8, 4) is 0 Å². The summed E-state index contributed by atoms with van der Waals surface area (Å²) in [5.74, 6) is -1.61. The summed E-state index contributed by atoms with van der Waals surface area (Å²) in [5, 5.41) is 11.3. The Balaban J connectivity index is 1.82. The molecule has 1 aliphatic rings. The van der Waals surface area contributed by atoms with Gasteiger partial charge in [0.05, 0.1) is 4.90 Å². The third-order valence-corrected chi connectivity index (χ3v) is 6.37. The van der Waals surface area contributed by atoms with Crippen LogP contribution in [0.5, 0.6) is 0 Å². The van der Waals surface area contributed by atoms with E-state index in [1.807, 2.05) is 0 Å². The van der Waals surface area contributed by atoms with Gasteiger partial charge >= 0.3 is 5.97 Å². The van der Waals surface area contributed by atoms with Crippen molar-refractivity contribution in [2.75, 3.05) is 6.54 Å². The number of carbonyl (C=O) groups excluding carboxylic acids is 1. The Morgan fingerprint density at radius 2 is 1.96 bits per heavy atom. The average molecular weight is 411 g/mol. The van der Waals surface area contributed by atoms with Crippen LogP contribution < -0.4 is 4.72 Å². The molecule has 0 bridgehead atoms.